The number of carbonyl (C=O) groups is 2. The Labute approximate surface area is 127 Å². The summed E-state index contributed by atoms with van der Waals surface area (Å²) in [6.45, 7) is 7.03. The molecule has 4 aliphatic rings. The average Bonchev–Trinajstić information content (AvgIpc) is 2.47. The zero-order valence-corrected chi connectivity index (χ0v) is 13.4. The molecule has 2 saturated carbocycles. The molecule has 0 unspecified atom stereocenters. The van der Waals surface area contributed by atoms with E-state index in [4.69, 9.17) is 4.74 Å². The molecule has 3 heteroatoms. The van der Waals surface area contributed by atoms with Crippen LogP contribution in [0.5, 0.6) is 0 Å². The molecule has 0 radical (unpaired) electrons. The van der Waals surface area contributed by atoms with Crippen LogP contribution in [0.3, 0.4) is 0 Å². The van der Waals surface area contributed by atoms with Crippen LogP contribution < -0.4 is 0 Å². The predicted octanol–water partition coefficient (Wildman–Crippen LogP) is 3.53. The maximum absolute atomic E-state index is 12.2. The number of ketones is 1. The van der Waals surface area contributed by atoms with Crippen LogP contribution >= 0.6 is 0 Å². The summed E-state index contributed by atoms with van der Waals surface area (Å²) >= 11 is 0. The Kier molecular flexibility index (Phi) is 3.71. The van der Waals surface area contributed by atoms with Gasteiger partial charge >= 0.3 is 5.97 Å². The lowest BCUT2D eigenvalue weighted by Crippen LogP contribution is -2.48. The van der Waals surface area contributed by atoms with E-state index in [2.05, 4.69) is 19.9 Å². The van der Waals surface area contributed by atoms with Gasteiger partial charge in [0.25, 0.3) is 0 Å². The molecule has 0 spiro atoms. The number of ether oxygens (including phenoxy) is 1. The van der Waals surface area contributed by atoms with Crippen molar-refractivity contribution in [2.24, 2.45) is 29.1 Å². The summed E-state index contributed by atoms with van der Waals surface area (Å²) in [4.78, 5) is 23.7. The minimum absolute atomic E-state index is 0.0107. The number of allylic oxidation sites excluding steroid dienone is 1. The number of hydrogen-bond donors (Lipinski definition) is 0. The average molecular weight is 290 g/mol. The van der Waals surface area contributed by atoms with Crippen LogP contribution in [-0.2, 0) is 14.3 Å². The molecule has 0 aromatic rings. The third-order valence-electron chi connectivity index (χ3n) is 6.22. The van der Waals surface area contributed by atoms with Gasteiger partial charge in [0, 0.05) is 12.3 Å². The Balaban J connectivity index is 1.53. The maximum Gasteiger partial charge on any atom is 0.309 e. The summed E-state index contributed by atoms with van der Waals surface area (Å²) < 4.78 is 5.57. The largest absolute Gasteiger partial charge is 0.461 e. The molecule has 4 rings (SSSR count). The van der Waals surface area contributed by atoms with Crippen molar-refractivity contribution in [1.29, 1.82) is 0 Å². The predicted molar refractivity (Wildman–Crippen MR) is 80.5 cm³/mol. The highest BCUT2D eigenvalue weighted by atomic mass is 16.5. The second-order valence-electron chi connectivity index (χ2n) is 7.77. The molecule has 116 valence electrons. The normalized spacial score (nSPS) is 37.5. The molecule has 4 aliphatic carbocycles. The van der Waals surface area contributed by atoms with Crippen LogP contribution in [0.4, 0.5) is 0 Å². The highest BCUT2D eigenvalue weighted by Crippen LogP contribution is 2.59. The first kappa shape index (κ1) is 14.8. The highest BCUT2D eigenvalue weighted by Gasteiger charge is 2.51. The van der Waals surface area contributed by atoms with Crippen LogP contribution in [-0.4, -0.2) is 18.4 Å². The number of Topliss-reactive ketones (excluding diaryl/α,β-unsaturated/α-hetero) is 1. The van der Waals surface area contributed by atoms with E-state index >= 15 is 0 Å². The smallest absolute Gasteiger partial charge is 0.309 e. The van der Waals surface area contributed by atoms with Gasteiger partial charge in [-0.2, -0.15) is 0 Å². The van der Waals surface area contributed by atoms with E-state index in [1.807, 2.05) is 6.92 Å². The first-order chi connectivity index (χ1) is 9.89. The van der Waals surface area contributed by atoms with Crippen molar-refractivity contribution >= 4 is 11.8 Å². The van der Waals surface area contributed by atoms with Crippen molar-refractivity contribution in [3.05, 3.63) is 11.6 Å². The minimum Gasteiger partial charge on any atom is -0.461 e. The van der Waals surface area contributed by atoms with E-state index in [1.165, 1.54) is 12.0 Å². The molecular formula is C18H26O3. The Morgan fingerprint density at radius 1 is 1.38 bits per heavy atom. The molecular weight excluding hydrogens is 264 g/mol. The van der Waals surface area contributed by atoms with E-state index in [0.717, 1.165) is 12.3 Å². The number of rotatable bonds is 3. The lowest BCUT2D eigenvalue weighted by atomic mass is 9.49. The fourth-order valence-electron chi connectivity index (χ4n) is 4.37. The number of fused-ring (bicyclic) bond motifs is 1. The van der Waals surface area contributed by atoms with Crippen molar-refractivity contribution < 1.29 is 14.3 Å². The number of hydrogen-bond acceptors (Lipinski definition) is 3. The van der Waals surface area contributed by atoms with Crippen molar-refractivity contribution in [2.45, 2.75) is 52.9 Å². The van der Waals surface area contributed by atoms with E-state index in [0.29, 0.717) is 37.2 Å². The Morgan fingerprint density at radius 3 is 2.76 bits per heavy atom. The quantitative estimate of drug-likeness (QED) is 0.590. The van der Waals surface area contributed by atoms with Crippen molar-refractivity contribution in [3.8, 4) is 0 Å². The summed E-state index contributed by atoms with van der Waals surface area (Å²) in [5, 5.41) is 0. The molecule has 0 amide bonds. The molecule has 0 N–H and O–H groups in total. The summed E-state index contributed by atoms with van der Waals surface area (Å²) in [6.07, 6.45) is 6.52. The highest BCUT2D eigenvalue weighted by molar-refractivity contribution is 5.84. The molecule has 4 atom stereocenters. The fourth-order valence-corrected chi connectivity index (χ4v) is 4.37. The van der Waals surface area contributed by atoms with Crippen molar-refractivity contribution in [3.63, 3.8) is 0 Å². The van der Waals surface area contributed by atoms with Gasteiger partial charge in [-0.1, -0.05) is 26.8 Å². The van der Waals surface area contributed by atoms with E-state index in [-0.39, 0.29) is 23.6 Å². The van der Waals surface area contributed by atoms with Gasteiger partial charge in [0.1, 0.15) is 12.4 Å². The first-order valence-electron chi connectivity index (χ1n) is 8.28. The van der Waals surface area contributed by atoms with Gasteiger partial charge in [-0.15, -0.1) is 0 Å². The Bertz CT molecular complexity index is 489. The molecule has 0 heterocycles. The van der Waals surface area contributed by atoms with Gasteiger partial charge in [0.05, 0.1) is 5.92 Å². The number of carbonyl (C=O) groups excluding carboxylic acids is 2. The monoisotopic (exact) mass is 290 g/mol. The zero-order valence-electron chi connectivity index (χ0n) is 13.4. The van der Waals surface area contributed by atoms with Crippen LogP contribution in [0.25, 0.3) is 0 Å². The molecule has 0 aromatic heterocycles. The molecule has 0 aromatic carbocycles. The topological polar surface area (TPSA) is 43.4 Å². The molecule has 2 bridgehead atoms. The summed E-state index contributed by atoms with van der Waals surface area (Å²) in [5.74, 6) is 1.52. The summed E-state index contributed by atoms with van der Waals surface area (Å²) in [6, 6.07) is 0. The second-order valence-corrected chi connectivity index (χ2v) is 7.77. The molecule has 3 nitrogen and oxygen atoms in total. The van der Waals surface area contributed by atoms with Gasteiger partial charge in [-0.05, 0) is 48.5 Å². The Hall–Kier alpha value is -1.12. The van der Waals surface area contributed by atoms with E-state index in [1.54, 1.807) is 0 Å². The second kappa shape index (κ2) is 5.26. The standard InChI is InChI=1S/C18H26O3/c1-11-8-12(5-7-16(11)19)17(20)21-10-13-4-6-14-9-15(13)18(14,2)3/h4,11-12,14-15H,5-10H2,1-3H3/t11-,12+,14+,15+/m1/s1. The molecule has 21 heavy (non-hydrogen) atoms. The van der Waals surface area contributed by atoms with E-state index < -0.39 is 0 Å². The van der Waals surface area contributed by atoms with Gasteiger partial charge in [-0.25, -0.2) is 0 Å². The van der Waals surface area contributed by atoms with Crippen LogP contribution in [0.2, 0.25) is 0 Å². The maximum atomic E-state index is 12.2. The van der Waals surface area contributed by atoms with Gasteiger partial charge in [-0.3, -0.25) is 9.59 Å². The van der Waals surface area contributed by atoms with Crippen molar-refractivity contribution in [2.75, 3.05) is 6.61 Å². The van der Waals surface area contributed by atoms with E-state index in [9.17, 15) is 9.59 Å². The Morgan fingerprint density at radius 2 is 2.14 bits per heavy atom. The first-order valence-corrected chi connectivity index (χ1v) is 8.28. The van der Waals surface area contributed by atoms with Crippen LogP contribution in [0.1, 0.15) is 52.9 Å². The lowest BCUT2D eigenvalue weighted by molar-refractivity contribution is -0.150. The van der Waals surface area contributed by atoms with Gasteiger partial charge in [0.2, 0.25) is 0 Å². The van der Waals surface area contributed by atoms with Gasteiger partial charge in [0.15, 0.2) is 0 Å². The minimum atomic E-state index is -0.102. The van der Waals surface area contributed by atoms with Crippen LogP contribution in [0.15, 0.2) is 11.6 Å². The zero-order chi connectivity index (χ0) is 15.2. The molecule has 2 fully saturated rings. The molecule has 0 saturated heterocycles. The van der Waals surface area contributed by atoms with Crippen molar-refractivity contribution in [1.82, 2.24) is 0 Å². The third kappa shape index (κ3) is 2.56. The van der Waals surface area contributed by atoms with Gasteiger partial charge < -0.3 is 4.74 Å². The fraction of sp³-hybridized carbons (Fsp3) is 0.778. The summed E-state index contributed by atoms with van der Waals surface area (Å²) in [7, 11) is 0. The van der Waals surface area contributed by atoms with Crippen LogP contribution in [0, 0.1) is 29.1 Å². The summed E-state index contributed by atoms with van der Waals surface area (Å²) in [5.41, 5.74) is 1.69. The molecule has 0 aliphatic heterocycles. The third-order valence-corrected chi connectivity index (χ3v) is 6.22. The SMILES string of the molecule is C[C@@H]1C[C@@H](C(=O)OCC2=CC[C@H]3C[C@@H]2C3(C)C)CCC1=O. The number of esters is 1. The lowest BCUT2D eigenvalue weighted by Gasteiger charge is -2.56.